The fourth-order valence-corrected chi connectivity index (χ4v) is 3.18. The predicted molar refractivity (Wildman–Crippen MR) is 78.4 cm³/mol. The first-order valence-electron chi connectivity index (χ1n) is 6.37. The maximum absolute atomic E-state index is 10.0. The van der Waals surface area contributed by atoms with E-state index in [0.717, 1.165) is 19.3 Å². The summed E-state index contributed by atoms with van der Waals surface area (Å²) in [6.45, 7) is 12.4. The smallest absolute Gasteiger partial charge is 0.0797 e. The van der Waals surface area contributed by atoms with Gasteiger partial charge in [-0.05, 0) is 44.4 Å². The average molecular weight is 301 g/mol. The molecule has 17 heavy (non-hydrogen) atoms. The van der Waals surface area contributed by atoms with Crippen LogP contribution in [0.15, 0.2) is 24.3 Å². The summed E-state index contributed by atoms with van der Waals surface area (Å²) in [5, 5.41) is 10.0. The Morgan fingerprint density at radius 3 is 2.76 bits per heavy atom. The van der Waals surface area contributed by atoms with Crippen LogP contribution in [0.1, 0.15) is 47.0 Å². The summed E-state index contributed by atoms with van der Waals surface area (Å²) in [4.78, 5) is 0.525. The molecule has 1 N–H and O–H groups in total. The van der Waals surface area contributed by atoms with Crippen LogP contribution in [0.5, 0.6) is 0 Å². The van der Waals surface area contributed by atoms with Crippen LogP contribution < -0.4 is 0 Å². The van der Waals surface area contributed by atoms with Gasteiger partial charge in [0.25, 0.3) is 0 Å². The van der Waals surface area contributed by atoms with Crippen LogP contribution in [0.4, 0.5) is 0 Å². The highest BCUT2D eigenvalue weighted by atomic mass is 79.9. The van der Waals surface area contributed by atoms with E-state index in [9.17, 15) is 5.11 Å². The van der Waals surface area contributed by atoms with Crippen LogP contribution in [0, 0.1) is 11.3 Å². The minimum atomic E-state index is -0.740. The van der Waals surface area contributed by atoms with Gasteiger partial charge in [0.2, 0.25) is 0 Å². The topological polar surface area (TPSA) is 20.2 Å². The maximum atomic E-state index is 10.0. The second kappa shape index (κ2) is 5.27. The largest absolute Gasteiger partial charge is 0.386 e. The van der Waals surface area contributed by atoms with Gasteiger partial charge in [-0.2, -0.15) is 0 Å². The van der Waals surface area contributed by atoms with E-state index in [1.165, 1.54) is 5.57 Å². The molecule has 0 fully saturated rings. The molecule has 0 aromatic heterocycles. The summed E-state index contributed by atoms with van der Waals surface area (Å²) in [6.07, 6.45) is 6.87. The first-order chi connectivity index (χ1) is 7.70. The van der Waals surface area contributed by atoms with Gasteiger partial charge in [0.1, 0.15) is 0 Å². The Balaban J connectivity index is 2.77. The minimum Gasteiger partial charge on any atom is -0.386 e. The number of rotatable bonds is 4. The molecule has 0 amide bonds. The summed E-state index contributed by atoms with van der Waals surface area (Å²) in [5.74, 6) is 0.534. The number of hydrogen-bond donors (Lipinski definition) is 1. The molecule has 1 aliphatic carbocycles. The van der Waals surface area contributed by atoms with E-state index in [1.54, 1.807) is 6.08 Å². The van der Waals surface area contributed by atoms with Gasteiger partial charge < -0.3 is 5.11 Å². The normalized spacial score (nSPS) is 31.5. The van der Waals surface area contributed by atoms with Crippen molar-refractivity contribution in [1.82, 2.24) is 0 Å². The molecule has 1 rings (SSSR count). The lowest BCUT2D eigenvalue weighted by molar-refractivity contribution is 0.0839. The summed E-state index contributed by atoms with van der Waals surface area (Å²) in [6, 6.07) is 0. The Kier molecular flexibility index (Phi) is 4.65. The van der Waals surface area contributed by atoms with Crippen LogP contribution in [0.2, 0.25) is 0 Å². The van der Waals surface area contributed by atoms with Crippen molar-refractivity contribution in [2.75, 3.05) is 0 Å². The molecule has 0 bridgehead atoms. The number of alkyl halides is 1. The third kappa shape index (κ3) is 3.45. The lowest BCUT2D eigenvalue weighted by Crippen LogP contribution is -2.37. The molecule has 0 aromatic carbocycles. The van der Waals surface area contributed by atoms with Crippen molar-refractivity contribution in [2.24, 2.45) is 11.3 Å². The Labute approximate surface area is 114 Å². The van der Waals surface area contributed by atoms with Crippen molar-refractivity contribution >= 4 is 15.9 Å². The van der Waals surface area contributed by atoms with E-state index < -0.39 is 5.60 Å². The predicted octanol–water partition coefficient (Wildman–Crippen LogP) is 4.46. The average Bonchev–Trinajstić information content (AvgIpc) is 2.23. The van der Waals surface area contributed by atoms with Gasteiger partial charge in [0, 0.05) is 4.83 Å². The first kappa shape index (κ1) is 15.0. The number of allylic oxidation sites excluding steroid dienone is 2. The van der Waals surface area contributed by atoms with Crippen molar-refractivity contribution in [2.45, 2.75) is 57.4 Å². The SMILES string of the molecule is C=C[C@](C)(O)CC[C@@H]1C(C)=CC[C@H](Br)C1(C)C. The highest BCUT2D eigenvalue weighted by molar-refractivity contribution is 9.09. The fourth-order valence-electron chi connectivity index (χ4n) is 2.68. The van der Waals surface area contributed by atoms with E-state index >= 15 is 0 Å². The zero-order chi connectivity index (χ0) is 13.3. The van der Waals surface area contributed by atoms with Gasteiger partial charge >= 0.3 is 0 Å². The molecule has 0 heterocycles. The van der Waals surface area contributed by atoms with E-state index in [2.05, 4.69) is 49.4 Å². The zero-order valence-corrected chi connectivity index (χ0v) is 13.0. The molecule has 0 saturated heterocycles. The molecule has 0 spiro atoms. The molecule has 0 saturated carbocycles. The van der Waals surface area contributed by atoms with Crippen molar-refractivity contribution in [3.63, 3.8) is 0 Å². The lowest BCUT2D eigenvalue weighted by atomic mass is 9.66. The van der Waals surface area contributed by atoms with E-state index in [4.69, 9.17) is 0 Å². The van der Waals surface area contributed by atoms with Crippen molar-refractivity contribution < 1.29 is 5.11 Å². The van der Waals surface area contributed by atoms with Crippen LogP contribution in [0.25, 0.3) is 0 Å². The molecule has 1 nitrogen and oxygen atoms in total. The quantitative estimate of drug-likeness (QED) is 0.600. The van der Waals surface area contributed by atoms with Gasteiger partial charge in [-0.3, -0.25) is 0 Å². The Morgan fingerprint density at radius 1 is 1.65 bits per heavy atom. The fraction of sp³-hybridized carbons (Fsp3) is 0.733. The molecule has 0 unspecified atom stereocenters. The third-order valence-corrected chi connectivity index (χ3v) is 5.83. The molecule has 3 atom stereocenters. The summed E-state index contributed by atoms with van der Waals surface area (Å²) in [5.41, 5.74) is 0.969. The van der Waals surface area contributed by atoms with Crippen molar-refractivity contribution in [3.8, 4) is 0 Å². The third-order valence-electron chi connectivity index (χ3n) is 4.28. The first-order valence-corrected chi connectivity index (χ1v) is 7.29. The molecule has 0 aliphatic heterocycles. The second-order valence-electron chi connectivity index (χ2n) is 6.13. The molecular formula is C15H25BrO. The molecule has 2 heteroatoms. The number of halogens is 1. The Hall–Kier alpha value is -0.0800. The summed E-state index contributed by atoms with van der Waals surface area (Å²) < 4.78 is 0. The highest BCUT2D eigenvalue weighted by Crippen LogP contribution is 2.47. The van der Waals surface area contributed by atoms with Crippen molar-refractivity contribution in [1.29, 1.82) is 0 Å². The van der Waals surface area contributed by atoms with E-state index in [-0.39, 0.29) is 5.41 Å². The van der Waals surface area contributed by atoms with Crippen LogP contribution >= 0.6 is 15.9 Å². The van der Waals surface area contributed by atoms with Crippen LogP contribution in [-0.4, -0.2) is 15.5 Å². The second-order valence-corrected chi connectivity index (χ2v) is 7.23. The van der Waals surface area contributed by atoms with Gasteiger partial charge in [0.05, 0.1) is 5.60 Å². The van der Waals surface area contributed by atoms with E-state index in [1.807, 2.05) is 6.92 Å². The maximum Gasteiger partial charge on any atom is 0.0797 e. The standard InChI is InChI=1S/C15H25BrO/c1-6-15(5,17)10-9-12-11(2)7-8-13(16)14(12,3)4/h6-7,12-13,17H,1,8-10H2,2-5H3/t12-,13+,15+/m1/s1. The molecule has 0 aromatic rings. The van der Waals surface area contributed by atoms with Crippen LogP contribution in [0.3, 0.4) is 0 Å². The molecule has 1 aliphatic rings. The van der Waals surface area contributed by atoms with Gasteiger partial charge in [-0.15, -0.1) is 6.58 Å². The van der Waals surface area contributed by atoms with Gasteiger partial charge in [-0.1, -0.05) is 47.5 Å². The Morgan fingerprint density at radius 2 is 2.24 bits per heavy atom. The molecule has 0 radical (unpaired) electrons. The van der Waals surface area contributed by atoms with Gasteiger partial charge in [-0.25, -0.2) is 0 Å². The minimum absolute atomic E-state index is 0.246. The molecule has 98 valence electrons. The van der Waals surface area contributed by atoms with Gasteiger partial charge in [0.15, 0.2) is 0 Å². The zero-order valence-electron chi connectivity index (χ0n) is 11.5. The van der Waals surface area contributed by atoms with Crippen LogP contribution in [-0.2, 0) is 0 Å². The lowest BCUT2D eigenvalue weighted by Gasteiger charge is -2.43. The highest BCUT2D eigenvalue weighted by Gasteiger charge is 2.39. The van der Waals surface area contributed by atoms with E-state index in [0.29, 0.717) is 10.7 Å². The number of aliphatic hydroxyl groups is 1. The van der Waals surface area contributed by atoms with Crippen molar-refractivity contribution in [3.05, 3.63) is 24.3 Å². The molecular weight excluding hydrogens is 276 g/mol. The Bertz CT molecular complexity index is 315. The summed E-state index contributed by atoms with van der Waals surface area (Å²) >= 11 is 3.79. The summed E-state index contributed by atoms with van der Waals surface area (Å²) in [7, 11) is 0. The monoisotopic (exact) mass is 300 g/mol. The number of hydrogen-bond acceptors (Lipinski definition) is 1.